The Hall–Kier alpha value is -3.56. The Morgan fingerprint density at radius 1 is 1.03 bits per heavy atom. The first-order valence-electron chi connectivity index (χ1n) is 10.6. The van der Waals surface area contributed by atoms with Gasteiger partial charge < -0.3 is 10.1 Å². The number of carbonyl (C=O) groups is 1. The summed E-state index contributed by atoms with van der Waals surface area (Å²) < 4.78 is 0. The Labute approximate surface area is 192 Å². The zero-order valence-electron chi connectivity index (χ0n) is 18.0. The van der Waals surface area contributed by atoms with E-state index in [1.54, 1.807) is 6.08 Å². The molecule has 0 saturated carbocycles. The van der Waals surface area contributed by atoms with Crippen molar-refractivity contribution in [2.45, 2.75) is 20.3 Å². The highest BCUT2D eigenvalue weighted by Crippen LogP contribution is 2.39. The van der Waals surface area contributed by atoms with Crippen molar-refractivity contribution in [2.75, 3.05) is 0 Å². The molecule has 0 aliphatic heterocycles. The average molecular weight is 442 g/mol. The Morgan fingerprint density at radius 2 is 1.78 bits per heavy atom. The second kappa shape index (κ2) is 9.29. The van der Waals surface area contributed by atoms with Crippen LogP contribution in [0.3, 0.4) is 0 Å². The molecule has 0 amide bonds. The van der Waals surface area contributed by atoms with Crippen LogP contribution >= 0.6 is 11.6 Å². The number of aromatic amines is 1. The number of rotatable bonds is 6. The zero-order chi connectivity index (χ0) is 22.7. The fraction of sp³-hybridized carbons (Fsp3) is 0.107. The molecule has 0 spiro atoms. The number of aryl methyl sites for hydroxylation is 1. The highest BCUT2D eigenvalue weighted by Gasteiger charge is 2.18. The maximum absolute atomic E-state index is 10.9. The summed E-state index contributed by atoms with van der Waals surface area (Å²) in [6, 6.07) is 24.3. The average Bonchev–Trinajstić information content (AvgIpc) is 3.21. The molecule has 4 heteroatoms. The van der Waals surface area contributed by atoms with Crippen LogP contribution in [-0.2, 0) is 4.79 Å². The molecule has 1 heterocycles. The molecule has 0 unspecified atom stereocenters. The highest BCUT2D eigenvalue weighted by atomic mass is 35.5. The van der Waals surface area contributed by atoms with Crippen LogP contribution in [0.2, 0.25) is 5.02 Å². The van der Waals surface area contributed by atoms with Crippen LogP contribution in [0.25, 0.3) is 28.1 Å². The van der Waals surface area contributed by atoms with E-state index in [-0.39, 0.29) is 0 Å². The number of aromatic nitrogens is 1. The van der Waals surface area contributed by atoms with Gasteiger partial charge in [-0.15, -0.1) is 0 Å². The van der Waals surface area contributed by atoms with Crippen LogP contribution in [-0.4, -0.2) is 16.1 Å². The lowest BCUT2D eigenvalue weighted by Crippen LogP contribution is -1.98. The molecule has 0 aliphatic carbocycles. The van der Waals surface area contributed by atoms with Gasteiger partial charge in [-0.2, -0.15) is 0 Å². The summed E-state index contributed by atoms with van der Waals surface area (Å²) in [6.45, 7) is 4.23. The van der Waals surface area contributed by atoms with Gasteiger partial charge in [0.1, 0.15) is 0 Å². The van der Waals surface area contributed by atoms with Crippen LogP contribution in [0.4, 0.5) is 0 Å². The summed E-state index contributed by atoms with van der Waals surface area (Å²) in [5.74, 6) is -0.963. The number of carboxylic acid groups (broad SMARTS) is 1. The van der Waals surface area contributed by atoms with Gasteiger partial charge in [-0.3, -0.25) is 0 Å². The van der Waals surface area contributed by atoms with E-state index in [2.05, 4.69) is 43.1 Å². The van der Waals surface area contributed by atoms with Crippen molar-refractivity contribution in [3.63, 3.8) is 0 Å². The predicted molar refractivity (Wildman–Crippen MR) is 134 cm³/mol. The van der Waals surface area contributed by atoms with E-state index in [1.165, 1.54) is 0 Å². The van der Waals surface area contributed by atoms with E-state index < -0.39 is 5.97 Å². The number of nitrogens with one attached hydrogen (secondary N) is 1. The first kappa shape index (κ1) is 21.7. The van der Waals surface area contributed by atoms with Crippen LogP contribution < -0.4 is 0 Å². The fourth-order valence-electron chi connectivity index (χ4n) is 4.12. The molecule has 0 atom stereocenters. The lowest BCUT2D eigenvalue weighted by Gasteiger charge is -2.18. The van der Waals surface area contributed by atoms with Gasteiger partial charge in [0.2, 0.25) is 0 Å². The van der Waals surface area contributed by atoms with Crippen LogP contribution in [0.1, 0.15) is 41.3 Å². The van der Waals surface area contributed by atoms with Gasteiger partial charge in [-0.05, 0) is 65.4 Å². The van der Waals surface area contributed by atoms with E-state index in [0.29, 0.717) is 0 Å². The highest BCUT2D eigenvalue weighted by molar-refractivity contribution is 6.33. The molecule has 160 valence electrons. The van der Waals surface area contributed by atoms with Gasteiger partial charge in [0, 0.05) is 33.3 Å². The molecule has 0 bridgehead atoms. The summed E-state index contributed by atoms with van der Waals surface area (Å²) in [5.41, 5.74) is 8.41. The standard InChI is InChI=1S/C28H24ClNO2/c1-3-22(27-18(2)7-6-9-23(27)29)28(25-17-21-8-4-5-10-24(21)30-25)20-14-11-19(12-15-20)13-16-26(31)32/h4-17,30H,3H2,1-2H3,(H,31,32)/b16-13+,28-22+. The van der Waals surface area contributed by atoms with Gasteiger partial charge in [-0.1, -0.05) is 73.1 Å². The second-order valence-corrected chi connectivity index (χ2v) is 8.11. The number of aliphatic carboxylic acids is 1. The monoisotopic (exact) mass is 441 g/mol. The summed E-state index contributed by atoms with van der Waals surface area (Å²) >= 11 is 6.69. The summed E-state index contributed by atoms with van der Waals surface area (Å²) in [4.78, 5) is 14.4. The molecule has 4 rings (SSSR count). The van der Waals surface area contributed by atoms with Crippen molar-refractivity contribution < 1.29 is 9.90 Å². The van der Waals surface area contributed by atoms with Gasteiger partial charge in [0.05, 0.1) is 0 Å². The minimum absolute atomic E-state index is 0.733. The largest absolute Gasteiger partial charge is 0.478 e. The van der Waals surface area contributed by atoms with E-state index in [4.69, 9.17) is 16.7 Å². The Morgan fingerprint density at radius 3 is 2.44 bits per heavy atom. The molecule has 3 nitrogen and oxygen atoms in total. The van der Waals surface area contributed by atoms with Crippen LogP contribution in [0, 0.1) is 6.92 Å². The Kier molecular flexibility index (Phi) is 6.29. The third kappa shape index (κ3) is 4.39. The van der Waals surface area contributed by atoms with E-state index in [0.717, 1.165) is 67.5 Å². The van der Waals surface area contributed by atoms with E-state index in [9.17, 15) is 4.79 Å². The first-order valence-corrected chi connectivity index (χ1v) is 10.9. The number of para-hydroxylation sites is 1. The number of halogens is 1. The zero-order valence-corrected chi connectivity index (χ0v) is 18.8. The van der Waals surface area contributed by atoms with Crippen molar-refractivity contribution in [1.82, 2.24) is 4.98 Å². The third-order valence-corrected chi connectivity index (χ3v) is 5.91. The summed E-state index contributed by atoms with van der Waals surface area (Å²) in [5, 5.41) is 10.8. The molecule has 3 aromatic carbocycles. The summed E-state index contributed by atoms with van der Waals surface area (Å²) in [7, 11) is 0. The van der Waals surface area contributed by atoms with Crippen molar-refractivity contribution in [3.8, 4) is 0 Å². The minimum Gasteiger partial charge on any atom is -0.478 e. The molecule has 2 N–H and O–H groups in total. The predicted octanol–water partition coefficient (Wildman–Crippen LogP) is 7.60. The molecule has 32 heavy (non-hydrogen) atoms. The Balaban J connectivity index is 1.96. The molecule has 1 aromatic heterocycles. The number of hydrogen-bond donors (Lipinski definition) is 2. The quantitative estimate of drug-likeness (QED) is 0.239. The van der Waals surface area contributed by atoms with Crippen LogP contribution in [0.5, 0.6) is 0 Å². The topological polar surface area (TPSA) is 53.1 Å². The van der Waals surface area contributed by atoms with E-state index >= 15 is 0 Å². The SMILES string of the molecule is CC/C(=C(/c1ccc(/C=C/C(=O)O)cc1)c1cc2ccccc2[nH]1)c1c(C)cccc1Cl. The third-order valence-electron chi connectivity index (χ3n) is 5.60. The Bertz CT molecular complexity index is 1290. The van der Waals surface area contributed by atoms with Crippen molar-refractivity contribution >= 4 is 45.7 Å². The normalized spacial score (nSPS) is 12.3. The van der Waals surface area contributed by atoms with Crippen molar-refractivity contribution in [1.29, 1.82) is 0 Å². The van der Waals surface area contributed by atoms with Gasteiger partial charge in [0.15, 0.2) is 0 Å². The van der Waals surface area contributed by atoms with Crippen molar-refractivity contribution in [3.05, 3.63) is 112 Å². The maximum Gasteiger partial charge on any atom is 0.328 e. The lowest BCUT2D eigenvalue weighted by atomic mass is 9.88. The number of allylic oxidation sites excluding steroid dienone is 1. The molecule has 0 radical (unpaired) electrons. The minimum atomic E-state index is -0.963. The first-order chi connectivity index (χ1) is 15.5. The molecule has 0 fully saturated rings. The molecule has 0 aliphatic rings. The second-order valence-electron chi connectivity index (χ2n) is 7.70. The smallest absolute Gasteiger partial charge is 0.328 e. The fourth-order valence-corrected chi connectivity index (χ4v) is 4.46. The van der Waals surface area contributed by atoms with Gasteiger partial charge >= 0.3 is 5.97 Å². The number of hydrogen-bond acceptors (Lipinski definition) is 1. The van der Waals surface area contributed by atoms with Gasteiger partial charge in [-0.25, -0.2) is 4.79 Å². The molecule has 0 saturated heterocycles. The summed E-state index contributed by atoms with van der Waals surface area (Å²) in [6.07, 6.45) is 3.54. The van der Waals surface area contributed by atoms with E-state index in [1.807, 2.05) is 48.5 Å². The van der Waals surface area contributed by atoms with Crippen molar-refractivity contribution in [2.24, 2.45) is 0 Å². The molecular formula is C28H24ClNO2. The number of benzene rings is 3. The number of H-pyrrole nitrogens is 1. The molecular weight excluding hydrogens is 418 g/mol. The van der Waals surface area contributed by atoms with Gasteiger partial charge in [0.25, 0.3) is 0 Å². The number of carboxylic acids is 1. The lowest BCUT2D eigenvalue weighted by molar-refractivity contribution is -0.131. The number of fused-ring (bicyclic) bond motifs is 1. The molecule has 4 aromatic rings. The van der Waals surface area contributed by atoms with Crippen LogP contribution in [0.15, 0.2) is 78.9 Å². The maximum atomic E-state index is 10.9.